The maximum absolute atomic E-state index is 11.3. The third-order valence-electron chi connectivity index (χ3n) is 5.40. The van der Waals surface area contributed by atoms with E-state index in [0.29, 0.717) is 11.3 Å². The fourth-order valence-corrected chi connectivity index (χ4v) is 3.77. The Morgan fingerprint density at radius 3 is 2.64 bits per heavy atom. The standard InChI is InChI=1S/C22H25N5O6/c1-22(20(31-2)32-3)19(28)18(16-11-15(27(29)30)9-10-17(16)33-22)26-21(25-13-23)24-12-14-7-5-4-6-8-14/h4-11,18-20,28H,12H2,1-3H3,(H2,24,25,26)/t18?,19-,22?/m1/s1. The van der Waals surface area contributed by atoms with Crippen molar-refractivity contribution in [1.29, 1.82) is 5.26 Å². The van der Waals surface area contributed by atoms with Crippen LogP contribution in [0.3, 0.4) is 0 Å². The summed E-state index contributed by atoms with van der Waals surface area (Å²) in [6.07, 6.45) is -0.456. The summed E-state index contributed by atoms with van der Waals surface area (Å²) < 4.78 is 16.7. The quantitative estimate of drug-likeness (QED) is 0.108. The molecule has 0 fully saturated rings. The Hall–Kier alpha value is -3.72. The summed E-state index contributed by atoms with van der Waals surface area (Å²) in [5, 5.41) is 37.4. The second-order valence-corrected chi connectivity index (χ2v) is 7.52. The monoisotopic (exact) mass is 455 g/mol. The summed E-state index contributed by atoms with van der Waals surface area (Å²) in [5.41, 5.74) is -0.330. The molecule has 0 saturated carbocycles. The molecule has 2 aromatic carbocycles. The van der Waals surface area contributed by atoms with Crippen LogP contribution in [0.4, 0.5) is 5.69 Å². The molecule has 0 amide bonds. The molecule has 33 heavy (non-hydrogen) atoms. The first-order chi connectivity index (χ1) is 15.8. The fraction of sp³-hybridized carbons (Fsp3) is 0.364. The van der Waals surface area contributed by atoms with Crippen molar-refractivity contribution in [1.82, 2.24) is 10.6 Å². The zero-order chi connectivity index (χ0) is 24.0. The average Bonchev–Trinajstić information content (AvgIpc) is 2.81. The van der Waals surface area contributed by atoms with Crippen LogP contribution in [0, 0.1) is 21.6 Å². The van der Waals surface area contributed by atoms with Gasteiger partial charge in [0.1, 0.15) is 11.9 Å². The molecule has 0 spiro atoms. The Bertz CT molecular complexity index is 1050. The normalized spacial score (nSPS) is 22.1. The van der Waals surface area contributed by atoms with E-state index in [1.807, 2.05) is 36.5 Å². The molecular weight excluding hydrogens is 430 g/mol. The molecule has 3 atom stereocenters. The average molecular weight is 455 g/mol. The van der Waals surface area contributed by atoms with E-state index in [-0.39, 0.29) is 18.2 Å². The van der Waals surface area contributed by atoms with E-state index in [2.05, 4.69) is 15.6 Å². The van der Waals surface area contributed by atoms with Crippen LogP contribution < -0.4 is 15.4 Å². The summed E-state index contributed by atoms with van der Waals surface area (Å²) in [5.74, 6) is 0.378. The number of nitro groups is 1. The number of fused-ring (bicyclic) bond motifs is 1. The Labute approximate surface area is 190 Å². The minimum absolute atomic E-state index is 0.0819. The number of rotatable bonds is 7. The number of non-ortho nitro benzene ring substituents is 1. The van der Waals surface area contributed by atoms with Crippen LogP contribution in [0.1, 0.15) is 24.1 Å². The summed E-state index contributed by atoms with van der Waals surface area (Å²) in [7, 11) is 2.82. The van der Waals surface area contributed by atoms with Gasteiger partial charge in [-0.3, -0.25) is 15.4 Å². The highest BCUT2D eigenvalue weighted by Crippen LogP contribution is 2.43. The van der Waals surface area contributed by atoms with Crippen LogP contribution in [0.15, 0.2) is 53.5 Å². The molecule has 2 unspecified atom stereocenters. The molecule has 11 heteroatoms. The maximum Gasteiger partial charge on any atom is 0.270 e. The van der Waals surface area contributed by atoms with Crippen molar-refractivity contribution in [2.45, 2.75) is 37.5 Å². The van der Waals surface area contributed by atoms with Crippen LogP contribution in [0.5, 0.6) is 5.75 Å². The van der Waals surface area contributed by atoms with E-state index >= 15 is 0 Å². The van der Waals surface area contributed by atoms with Gasteiger partial charge in [-0.1, -0.05) is 30.3 Å². The molecule has 1 aliphatic rings. The number of aliphatic imine (C=N–C) groups is 1. The zero-order valence-corrected chi connectivity index (χ0v) is 18.4. The lowest BCUT2D eigenvalue weighted by atomic mass is 9.84. The molecule has 3 rings (SSSR count). The number of methoxy groups -OCH3 is 2. The van der Waals surface area contributed by atoms with E-state index in [1.165, 1.54) is 32.4 Å². The van der Waals surface area contributed by atoms with Crippen LogP contribution in [-0.2, 0) is 16.0 Å². The number of nitro benzene ring substituents is 1. The highest BCUT2D eigenvalue weighted by Gasteiger charge is 2.52. The number of hydrogen-bond acceptors (Lipinski definition) is 8. The van der Waals surface area contributed by atoms with Crippen LogP contribution in [0.25, 0.3) is 0 Å². The summed E-state index contributed by atoms with van der Waals surface area (Å²) in [6, 6.07) is 12.5. The lowest BCUT2D eigenvalue weighted by molar-refractivity contribution is -0.385. The number of aliphatic hydroxyl groups excluding tert-OH is 1. The van der Waals surface area contributed by atoms with Gasteiger partial charge >= 0.3 is 0 Å². The van der Waals surface area contributed by atoms with Crippen LogP contribution >= 0.6 is 0 Å². The predicted molar refractivity (Wildman–Crippen MR) is 118 cm³/mol. The van der Waals surface area contributed by atoms with Gasteiger partial charge in [-0.15, -0.1) is 0 Å². The second-order valence-electron chi connectivity index (χ2n) is 7.52. The van der Waals surface area contributed by atoms with Crippen molar-refractivity contribution in [2.75, 3.05) is 14.2 Å². The molecule has 0 saturated heterocycles. The van der Waals surface area contributed by atoms with Crippen molar-refractivity contribution < 1.29 is 24.2 Å². The molecule has 0 aliphatic carbocycles. The van der Waals surface area contributed by atoms with Crippen molar-refractivity contribution in [3.8, 4) is 11.9 Å². The van der Waals surface area contributed by atoms with Crippen molar-refractivity contribution in [3.63, 3.8) is 0 Å². The highest BCUT2D eigenvalue weighted by molar-refractivity contribution is 5.82. The van der Waals surface area contributed by atoms with Gasteiger partial charge in [0.2, 0.25) is 5.96 Å². The Balaban J connectivity index is 2.03. The number of nitrogens with zero attached hydrogens (tertiary/aromatic N) is 3. The predicted octanol–water partition coefficient (Wildman–Crippen LogP) is 1.98. The smallest absolute Gasteiger partial charge is 0.270 e. The molecule has 1 aliphatic heterocycles. The third kappa shape index (κ3) is 5.04. The molecule has 0 radical (unpaired) electrons. The van der Waals surface area contributed by atoms with E-state index in [0.717, 1.165) is 5.56 Å². The number of aliphatic hydroxyl groups is 1. The minimum atomic E-state index is -1.39. The lowest BCUT2D eigenvalue weighted by Crippen LogP contribution is -2.62. The summed E-state index contributed by atoms with van der Waals surface area (Å²) >= 11 is 0. The van der Waals surface area contributed by atoms with Crippen molar-refractivity contribution in [3.05, 3.63) is 69.8 Å². The maximum atomic E-state index is 11.3. The Morgan fingerprint density at radius 2 is 2.03 bits per heavy atom. The first kappa shape index (κ1) is 23.9. The molecule has 11 nitrogen and oxygen atoms in total. The number of benzene rings is 2. The van der Waals surface area contributed by atoms with Gasteiger partial charge in [0.05, 0.1) is 17.5 Å². The van der Waals surface area contributed by atoms with Gasteiger partial charge in [-0.2, -0.15) is 5.26 Å². The van der Waals surface area contributed by atoms with Gasteiger partial charge in [0.15, 0.2) is 18.1 Å². The molecule has 174 valence electrons. The number of nitriles is 1. The van der Waals surface area contributed by atoms with E-state index in [4.69, 9.17) is 14.2 Å². The third-order valence-corrected chi connectivity index (χ3v) is 5.40. The minimum Gasteiger partial charge on any atom is -0.479 e. The summed E-state index contributed by atoms with van der Waals surface area (Å²) in [6.45, 7) is 1.86. The largest absolute Gasteiger partial charge is 0.479 e. The van der Waals surface area contributed by atoms with Crippen molar-refractivity contribution in [2.24, 2.45) is 4.99 Å². The van der Waals surface area contributed by atoms with Crippen LogP contribution in [0.2, 0.25) is 0 Å². The van der Waals surface area contributed by atoms with E-state index in [9.17, 15) is 20.5 Å². The Morgan fingerprint density at radius 1 is 1.33 bits per heavy atom. The molecule has 2 aromatic rings. The molecular formula is C22H25N5O6. The zero-order valence-electron chi connectivity index (χ0n) is 18.4. The lowest BCUT2D eigenvalue weighted by Gasteiger charge is -2.46. The number of nitrogens with one attached hydrogen (secondary N) is 2. The Kier molecular flexibility index (Phi) is 7.44. The van der Waals surface area contributed by atoms with Gasteiger partial charge in [0, 0.05) is 31.9 Å². The fourth-order valence-electron chi connectivity index (χ4n) is 3.77. The van der Waals surface area contributed by atoms with Gasteiger partial charge in [-0.05, 0) is 18.6 Å². The van der Waals surface area contributed by atoms with Gasteiger partial charge < -0.3 is 24.6 Å². The molecule has 1 heterocycles. The molecule has 0 aromatic heterocycles. The number of hydrogen-bond donors (Lipinski definition) is 3. The number of guanidine groups is 1. The summed E-state index contributed by atoms with van der Waals surface area (Å²) in [4.78, 5) is 15.2. The van der Waals surface area contributed by atoms with Gasteiger partial charge in [0.25, 0.3) is 5.69 Å². The van der Waals surface area contributed by atoms with E-state index in [1.54, 1.807) is 6.92 Å². The number of ether oxygens (including phenoxy) is 3. The van der Waals surface area contributed by atoms with Gasteiger partial charge in [-0.25, -0.2) is 4.99 Å². The molecule has 0 bridgehead atoms. The van der Waals surface area contributed by atoms with E-state index < -0.39 is 29.0 Å². The highest BCUT2D eigenvalue weighted by atomic mass is 16.7. The molecule has 3 N–H and O–H groups in total. The SMILES string of the molecule is COC(OC)C1(C)Oc2ccc([N+](=O)[O-])cc2C(NC(=NCc2ccccc2)NC#N)[C@H]1O. The topological polar surface area (TPSA) is 151 Å². The van der Waals surface area contributed by atoms with Crippen molar-refractivity contribution >= 4 is 11.6 Å². The van der Waals surface area contributed by atoms with Crippen LogP contribution in [-0.4, -0.2) is 48.2 Å². The first-order valence-corrected chi connectivity index (χ1v) is 10.0. The first-order valence-electron chi connectivity index (χ1n) is 10.0. The second kappa shape index (κ2) is 10.3.